The number of halogens is 1. The fourth-order valence-corrected chi connectivity index (χ4v) is 2.80. The minimum absolute atomic E-state index is 0.293. The van der Waals surface area contributed by atoms with Crippen molar-refractivity contribution in [2.24, 2.45) is 5.10 Å². The summed E-state index contributed by atoms with van der Waals surface area (Å²) >= 11 is 3.50. The average Bonchev–Trinajstić information content (AvgIpc) is 2.74. The predicted octanol–water partition coefficient (Wildman–Crippen LogP) is 4.20. The van der Waals surface area contributed by atoms with Gasteiger partial charge in [0.05, 0.1) is 13.3 Å². The predicted molar refractivity (Wildman–Crippen MR) is 111 cm³/mol. The molecule has 6 nitrogen and oxygen atoms in total. The molecule has 2 aromatic carbocycles. The van der Waals surface area contributed by atoms with Gasteiger partial charge in [0.25, 0.3) is 5.91 Å². The third-order valence-electron chi connectivity index (χ3n) is 3.79. The van der Waals surface area contributed by atoms with Crippen LogP contribution in [-0.2, 0) is 6.61 Å². The molecule has 0 saturated heterocycles. The second-order valence-corrected chi connectivity index (χ2v) is 6.57. The van der Waals surface area contributed by atoms with Crippen LogP contribution in [0.25, 0.3) is 0 Å². The lowest BCUT2D eigenvalue weighted by Crippen LogP contribution is -2.18. The Bertz CT molecular complexity index is 963. The monoisotopic (exact) mass is 439 g/mol. The second kappa shape index (κ2) is 9.66. The van der Waals surface area contributed by atoms with Gasteiger partial charge in [0.15, 0.2) is 11.5 Å². The van der Waals surface area contributed by atoms with Gasteiger partial charge in [-0.3, -0.25) is 9.78 Å². The molecule has 0 bridgehead atoms. The number of amides is 1. The Balaban J connectivity index is 1.69. The van der Waals surface area contributed by atoms with Crippen LogP contribution in [0, 0.1) is 0 Å². The van der Waals surface area contributed by atoms with Crippen LogP contribution in [0.2, 0.25) is 0 Å². The minimum atomic E-state index is -0.386. The highest BCUT2D eigenvalue weighted by molar-refractivity contribution is 9.10. The molecule has 0 aliphatic heterocycles. The molecule has 0 saturated carbocycles. The summed E-state index contributed by atoms with van der Waals surface area (Å²) in [7, 11) is 1.57. The standard InChI is InChI=1S/C21H18BrN3O3/c1-27-19-11-16(13-24-25-21(26)18-9-5-6-10-23-18)17(22)12-20(19)28-14-15-7-3-2-4-8-15/h2-13H,14H2,1H3,(H,25,26)/b24-13-. The van der Waals surface area contributed by atoms with Gasteiger partial charge in [0, 0.05) is 16.2 Å². The van der Waals surface area contributed by atoms with Gasteiger partial charge in [-0.05, 0) is 45.8 Å². The topological polar surface area (TPSA) is 72.8 Å². The highest BCUT2D eigenvalue weighted by Gasteiger charge is 2.10. The molecular weight excluding hydrogens is 422 g/mol. The van der Waals surface area contributed by atoms with E-state index in [-0.39, 0.29) is 5.91 Å². The molecule has 142 valence electrons. The van der Waals surface area contributed by atoms with E-state index < -0.39 is 0 Å². The van der Waals surface area contributed by atoms with E-state index in [9.17, 15) is 4.79 Å². The zero-order valence-corrected chi connectivity index (χ0v) is 16.7. The lowest BCUT2D eigenvalue weighted by Gasteiger charge is -2.12. The van der Waals surface area contributed by atoms with Gasteiger partial charge < -0.3 is 9.47 Å². The molecule has 28 heavy (non-hydrogen) atoms. The van der Waals surface area contributed by atoms with Crippen molar-refractivity contribution in [3.63, 3.8) is 0 Å². The van der Waals surface area contributed by atoms with Crippen LogP contribution >= 0.6 is 15.9 Å². The van der Waals surface area contributed by atoms with Crippen molar-refractivity contribution in [2.45, 2.75) is 6.61 Å². The van der Waals surface area contributed by atoms with E-state index in [1.807, 2.05) is 36.4 Å². The molecule has 3 rings (SSSR count). The van der Waals surface area contributed by atoms with Crippen LogP contribution in [0.4, 0.5) is 0 Å². The van der Waals surface area contributed by atoms with Gasteiger partial charge >= 0.3 is 0 Å². The van der Waals surface area contributed by atoms with Gasteiger partial charge in [-0.1, -0.05) is 36.4 Å². The van der Waals surface area contributed by atoms with Crippen LogP contribution < -0.4 is 14.9 Å². The first-order chi connectivity index (χ1) is 13.7. The van der Waals surface area contributed by atoms with Crippen LogP contribution in [0.3, 0.4) is 0 Å². The van der Waals surface area contributed by atoms with Crippen LogP contribution in [0.1, 0.15) is 21.6 Å². The van der Waals surface area contributed by atoms with E-state index in [0.717, 1.165) is 15.6 Å². The van der Waals surface area contributed by atoms with E-state index in [4.69, 9.17) is 9.47 Å². The number of methoxy groups -OCH3 is 1. The zero-order valence-electron chi connectivity index (χ0n) is 15.1. The second-order valence-electron chi connectivity index (χ2n) is 5.71. The zero-order chi connectivity index (χ0) is 19.8. The van der Waals surface area contributed by atoms with Gasteiger partial charge in [-0.25, -0.2) is 5.43 Å². The van der Waals surface area contributed by atoms with Crippen LogP contribution in [0.15, 0.2) is 76.4 Å². The van der Waals surface area contributed by atoms with Crippen molar-refractivity contribution in [3.05, 3.63) is 88.2 Å². The number of ether oxygens (including phenoxy) is 2. The van der Waals surface area contributed by atoms with Crippen molar-refractivity contribution >= 4 is 28.1 Å². The SMILES string of the molecule is COc1cc(/C=N\NC(=O)c2ccccn2)c(Br)cc1OCc1ccccc1. The minimum Gasteiger partial charge on any atom is -0.493 e. The Kier molecular flexibility index (Phi) is 6.75. The number of carbonyl (C=O) groups is 1. The van der Waals surface area contributed by atoms with Crippen LogP contribution in [-0.4, -0.2) is 24.2 Å². The summed E-state index contributed by atoms with van der Waals surface area (Å²) in [6.07, 6.45) is 3.07. The van der Waals surface area contributed by atoms with E-state index in [1.165, 1.54) is 6.21 Å². The molecule has 1 aromatic heterocycles. The van der Waals surface area contributed by atoms with Crippen molar-refractivity contribution in [1.82, 2.24) is 10.4 Å². The molecule has 1 N–H and O–H groups in total. The maximum atomic E-state index is 12.0. The number of hydrogen-bond acceptors (Lipinski definition) is 5. The van der Waals surface area contributed by atoms with Gasteiger partial charge in [0.2, 0.25) is 0 Å². The normalized spacial score (nSPS) is 10.6. The first-order valence-corrected chi connectivity index (χ1v) is 9.25. The molecule has 0 atom stereocenters. The Labute approximate surface area is 171 Å². The number of carbonyl (C=O) groups excluding carboxylic acids is 1. The van der Waals surface area contributed by atoms with Crippen LogP contribution in [0.5, 0.6) is 11.5 Å². The molecule has 1 heterocycles. The Morgan fingerprint density at radius 3 is 2.64 bits per heavy atom. The molecule has 0 radical (unpaired) electrons. The molecule has 1 amide bonds. The maximum Gasteiger partial charge on any atom is 0.289 e. The summed E-state index contributed by atoms with van der Waals surface area (Å²) in [5.74, 6) is 0.785. The van der Waals surface area contributed by atoms with Crippen molar-refractivity contribution in [2.75, 3.05) is 7.11 Å². The average molecular weight is 440 g/mol. The fraction of sp³-hybridized carbons (Fsp3) is 0.0952. The first-order valence-electron chi connectivity index (χ1n) is 8.46. The lowest BCUT2D eigenvalue weighted by atomic mass is 10.2. The molecule has 0 spiro atoms. The number of aromatic nitrogens is 1. The van der Waals surface area contributed by atoms with Gasteiger partial charge in [0.1, 0.15) is 12.3 Å². The van der Waals surface area contributed by atoms with Crippen molar-refractivity contribution in [1.29, 1.82) is 0 Å². The van der Waals surface area contributed by atoms with Gasteiger partial charge in [-0.2, -0.15) is 5.10 Å². The third-order valence-corrected chi connectivity index (χ3v) is 4.47. The lowest BCUT2D eigenvalue weighted by molar-refractivity contribution is 0.0950. The number of pyridine rings is 1. The Morgan fingerprint density at radius 1 is 1.14 bits per heavy atom. The molecular formula is C21H18BrN3O3. The molecule has 0 unspecified atom stereocenters. The summed E-state index contributed by atoms with van der Waals surface area (Å²) in [6.45, 7) is 0.428. The summed E-state index contributed by atoms with van der Waals surface area (Å²) < 4.78 is 12.1. The van der Waals surface area contributed by atoms with E-state index in [0.29, 0.717) is 23.8 Å². The van der Waals surface area contributed by atoms with Gasteiger partial charge in [-0.15, -0.1) is 0 Å². The quantitative estimate of drug-likeness (QED) is 0.442. The highest BCUT2D eigenvalue weighted by Crippen LogP contribution is 2.33. The number of nitrogens with one attached hydrogen (secondary N) is 1. The number of rotatable bonds is 7. The van der Waals surface area contributed by atoms with E-state index in [2.05, 4.69) is 31.4 Å². The molecule has 0 aliphatic rings. The fourth-order valence-electron chi connectivity index (χ4n) is 2.37. The van der Waals surface area contributed by atoms with Crippen molar-refractivity contribution < 1.29 is 14.3 Å². The van der Waals surface area contributed by atoms with E-state index in [1.54, 1.807) is 37.6 Å². The summed E-state index contributed by atoms with van der Waals surface area (Å²) in [6, 6.07) is 18.6. The largest absolute Gasteiger partial charge is 0.493 e. The summed E-state index contributed by atoms with van der Waals surface area (Å²) in [4.78, 5) is 15.9. The van der Waals surface area contributed by atoms with Crippen molar-refractivity contribution in [3.8, 4) is 11.5 Å². The third kappa shape index (κ3) is 5.17. The molecule has 3 aromatic rings. The Hall–Kier alpha value is -3.19. The number of hydrazone groups is 1. The summed E-state index contributed by atoms with van der Waals surface area (Å²) in [5.41, 5.74) is 4.53. The number of benzene rings is 2. The smallest absolute Gasteiger partial charge is 0.289 e. The first kappa shape index (κ1) is 19.6. The number of nitrogens with zero attached hydrogens (tertiary/aromatic N) is 2. The molecule has 0 fully saturated rings. The Morgan fingerprint density at radius 2 is 1.93 bits per heavy atom. The van der Waals surface area contributed by atoms with E-state index >= 15 is 0 Å². The number of hydrogen-bond donors (Lipinski definition) is 1. The summed E-state index contributed by atoms with van der Waals surface area (Å²) in [5, 5.41) is 3.99. The maximum absolute atomic E-state index is 12.0. The highest BCUT2D eigenvalue weighted by atomic mass is 79.9. The molecule has 0 aliphatic carbocycles. The molecule has 7 heteroatoms.